The zero-order valence-electron chi connectivity index (χ0n) is 11.2. The molecule has 1 rings (SSSR count). The summed E-state index contributed by atoms with van der Waals surface area (Å²) in [5.74, 6) is 0.709. The van der Waals surface area contributed by atoms with Crippen LogP contribution in [0.4, 0.5) is 0 Å². The summed E-state index contributed by atoms with van der Waals surface area (Å²) in [6.07, 6.45) is 0.554. The molecule has 0 spiro atoms. The third-order valence-corrected chi connectivity index (χ3v) is 2.70. The maximum atomic E-state index is 11.0. The number of amides is 1. The van der Waals surface area contributed by atoms with Crippen LogP contribution in [0.1, 0.15) is 37.0 Å². The lowest BCUT2D eigenvalue weighted by molar-refractivity contribution is -0.120. The second-order valence-electron chi connectivity index (χ2n) is 4.34. The Morgan fingerprint density at radius 1 is 1.50 bits per heavy atom. The summed E-state index contributed by atoms with van der Waals surface area (Å²) in [5.41, 5.74) is 1.86. The maximum absolute atomic E-state index is 11.0. The molecule has 0 heterocycles. The zero-order valence-corrected chi connectivity index (χ0v) is 11.2. The Hall–Kier alpha value is -1.55. The van der Waals surface area contributed by atoms with Gasteiger partial charge in [-0.15, -0.1) is 0 Å². The summed E-state index contributed by atoms with van der Waals surface area (Å²) in [4.78, 5) is 11.0. The van der Waals surface area contributed by atoms with E-state index in [1.54, 1.807) is 14.0 Å². The minimum atomic E-state index is -0.556. The molecule has 0 aliphatic heterocycles. The molecule has 4 nitrogen and oxygen atoms in total. The molecule has 100 valence electrons. The van der Waals surface area contributed by atoms with E-state index in [2.05, 4.69) is 5.32 Å². The van der Waals surface area contributed by atoms with E-state index in [9.17, 15) is 9.90 Å². The first kappa shape index (κ1) is 14.5. The quantitative estimate of drug-likeness (QED) is 0.760. The van der Waals surface area contributed by atoms with E-state index in [0.29, 0.717) is 25.2 Å². The number of carbonyl (C=O) groups is 1. The predicted molar refractivity (Wildman–Crippen MR) is 70.6 cm³/mol. The molecule has 2 N–H and O–H groups in total. The molecule has 1 atom stereocenters. The third-order valence-electron chi connectivity index (χ3n) is 2.70. The van der Waals surface area contributed by atoms with Crippen LogP contribution in [0.2, 0.25) is 0 Å². The van der Waals surface area contributed by atoms with E-state index >= 15 is 0 Å². The number of ether oxygens (including phenoxy) is 1. The first-order valence-electron chi connectivity index (χ1n) is 6.16. The summed E-state index contributed by atoms with van der Waals surface area (Å²) in [5, 5.41) is 12.2. The number of hydrogen-bond donors (Lipinski definition) is 2. The summed E-state index contributed by atoms with van der Waals surface area (Å²) < 4.78 is 5.63. The number of hydrogen-bond acceptors (Lipinski definition) is 3. The van der Waals surface area contributed by atoms with Crippen molar-refractivity contribution in [3.8, 4) is 5.75 Å². The molecule has 0 radical (unpaired) electrons. The fourth-order valence-corrected chi connectivity index (χ4v) is 1.65. The Kier molecular flexibility index (Phi) is 5.65. The molecule has 0 aliphatic carbocycles. The van der Waals surface area contributed by atoms with Crippen molar-refractivity contribution in [2.75, 3.05) is 13.7 Å². The van der Waals surface area contributed by atoms with Crippen LogP contribution in [0.25, 0.3) is 0 Å². The standard InChI is InChI=1S/C14H21NO3/c1-10-6-7-12(11(2)16)13(9-10)18-8-4-5-14(17)15-3/h6-7,9,11,16H,4-5,8H2,1-3H3,(H,15,17). The van der Waals surface area contributed by atoms with Gasteiger partial charge in [0.15, 0.2) is 0 Å². The van der Waals surface area contributed by atoms with Gasteiger partial charge in [-0.3, -0.25) is 4.79 Å². The first-order chi connectivity index (χ1) is 8.54. The van der Waals surface area contributed by atoms with Gasteiger partial charge in [-0.25, -0.2) is 0 Å². The molecule has 0 bridgehead atoms. The maximum Gasteiger partial charge on any atom is 0.219 e. The summed E-state index contributed by atoms with van der Waals surface area (Å²) >= 11 is 0. The van der Waals surface area contributed by atoms with Gasteiger partial charge in [-0.1, -0.05) is 12.1 Å². The predicted octanol–water partition coefficient (Wildman–Crippen LogP) is 1.95. The van der Waals surface area contributed by atoms with Crippen LogP contribution >= 0.6 is 0 Å². The molecule has 1 aromatic rings. The van der Waals surface area contributed by atoms with Crippen LogP contribution < -0.4 is 10.1 Å². The smallest absolute Gasteiger partial charge is 0.219 e. The van der Waals surface area contributed by atoms with Crippen molar-refractivity contribution < 1.29 is 14.6 Å². The highest BCUT2D eigenvalue weighted by Gasteiger charge is 2.09. The number of nitrogens with one attached hydrogen (secondary N) is 1. The van der Waals surface area contributed by atoms with Gasteiger partial charge in [0.25, 0.3) is 0 Å². The van der Waals surface area contributed by atoms with Crippen molar-refractivity contribution in [1.82, 2.24) is 5.32 Å². The Morgan fingerprint density at radius 3 is 2.83 bits per heavy atom. The molecule has 4 heteroatoms. The Morgan fingerprint density at radius 2 is 2.22 bits per heavy atom. The van der Waals surface area contributed by atoms with Gasteiger partial charge >= 0.3 is 0 Å². The number of benzene rings is 1. The lowest BCUT2D eigenvalue weighted by atomic mass is 10.1. The van der Waals surface area contributed by atoms with Gasteiger partial charge in [-0.05, 0) is 31.9 Å². The number of aliphatic hydroxyl groups is 1. The molecule has 0 saturated carbocycles. The van der Waals surface area contributed by atoms with Gasteiger partial charge in [0.2, 0.25) is 5.91 Å². The van der Waals surface area contributed by atoms with Crippen LogP contribution in [0, 0.1) is 6.92 Å². The lowest BCUT2D eigenvalue weighted by Crippen LogP contribution is -2.18. The van der Waals surface area contributed by atoms with Crippen molar-refractivity contribution >= 4 is 5.91 Å². The van der Waals surface area contributed by atoms with Crippen molar-refractivity contribution in [3.63, 3.8) is 0 Å². The van der Waals surface area contributed by atoms with E-state index in [4.69, 9.17) is 4.74 Å². The van der Waals surface area contributed by atoms with Gasteiger partial charge in [0, 0.05) is 19.0 Å². The summed E-state index contributed by atoms with van der Waals surface area (Å²) in [6, 6.07) is 5.72. The number of carbonyl (C=O) groups excluding carboxylic acids is 1. The Balaban J connectivity index is 2.55. The molecule has 1 amide bonds. The highest BCUT2D eigenvalue weighted by Crippen LogP contribution is 2.26. The monoisotopic (exact) mass is 251 g/mol. The van der Waals surface area contributed by atoms with Crippen LogP contribution in [-0.2, 0) is 4.79 Å². The molecule has 18 heavy (non-hydrogen) atoms. The van der Waals surface area contributed by atoms with Gasteiger partial charge in [0.05, 0.1) is 12.7 Å². The Labute approximate surface area is 108 Å². The fourth-order valence-electron chi connectivity index (χ4n) is 1.65. The van der Waals surface area contributed by atoms with Crippen LogP contribution in [0.15, 0.2) is 18.2 Å². The minimum Gasteiger partial charge on any atom is -0.493 e. The molecule has 0 aliphatic rings. The molecular formula is C14H21NO3. The molecule has 1 unspecified atom stereocenters. The molecule has 0 fully saturated rings. The normalized spacial score (nSPS) is 12.0. The SMILES string of the molecule is CNC(=O)CCCOc1cc(C)ccc1C(C)O. The molecule has 0 saturated heterocycles. The number of aliphatic hydroxyl groups excluding tert-OH is 1. The van der Waals surface area contributed by atoms with Gasteiger partial charge < -0.3 is 15.2 Å². The summed E-state index contributed by atoms with van der Waals surface area (Å²) in [6.45, 7) is 4.15. The second kappa shape index (κ2) is 7.01. The van der Waals surface area contributed by atoms with Gasteiger partial charge in [-0.2, -0.15) is 0 Å². The van der Waals surface area contributed by atoms with Crippen LogP contribution in [-0.4, -0.2) is 24.7 Å². The fraction of sp³-hybridized carbons (Fsp3) is 0.500. The van der Waals surface area contributed by atoms with E-state index in [1.165, 1.54) is 0 Å². The van der Waals surface area contributed by atoms with Crippen LogP contribution in [0.3, 0.4) is 0 Å². The largest absolute Gasteiger partial charge is 0.493 e. The van der Waals surface area contributed by atoms with E-state index in [0.717, 1.165) is 11.1 Å². The minimum absolute atomic E-state index is 0.0126. The third kappa shape index (κ3) is 4.37. The molecule has 1 aromatic carbocycles. The zero-order chi connectivity index (χ0) is 13.5. The van der Waals surface area contributed by atoms with Crippen molar-refractivity contribution in [1.29, 1.82) is 0 Å². The van der Waals surface area contributed by atoms with E-state index in [-0.39, 0.29) is 5.91 Å². The van der Waals surface area contributed by atoms with Crippen molar-refractivity contribution in [2.24, 2.45) is 0 Å². The Bertz CT molecular complexity index is 402. The topological polar surface area (TPSA) is 58.6 Å². The van der Waals surface area contributed by atoms with Gasteiger partial charge in [0.1, 0.15) is 5.75 Å². The van der Waals surface area contributed by atoms with Crippen molar-refractivity contribution in [2.45, 2.75) is 32.8 Å². The van der Waals surface area contributed by atoms with E-state index in [1.807, 2.05) is 25.1 Å². The first-order valence-corrected chi connectivity index (χ1v) is 6.16. The lowest BCUT2D eigenvalue weighted by Gasteiger charge is -2.14. The van der Waals surface area contributed by atoms with Crippen molar-refractivity contribution in [3.05, 3.63) is 29.3 Å². The highest BCUT2D eigenvalue weighted by molar-refractivity contribution is 5.75. The molecular weight excluding hydrogens is 230 g/mol. The number of rotatable bonds is 6. The summed E-state index contributed by atoms with van der Waals surface area (Å²) in [7, 11) is 1.62. The van der Waals surface area contributed by atoms with E-state index < -0.39 is 6.10 Å². The highest BCUT2D eigenvalue weighted by atomic mass is 16.5. The van der Waals surface area contributed by atoms with Crippen LogP contribution in [0.5, 0.6) is 5.75 Å². The average Bonchev–Trinajstić information content (AvgIpc) is 2.34. The average molecular weight is 251 g/mol. The molecule has 0 aromatic heterocycles. The number of aryl methyl sites for hydroxylation is 1. The second-order valence-corrected chi connectivity index (χ2v) is 4.34.